The van der Waals surface area contributed by atoms with Gasteiger partial charge in [-0.1, -0.05) is 0 Å². The lowest BCUT2D eigenvalue weighted by Gasteiger charge is -2.25. The fraction of sp³-hybridized carbons (Fsp3) is 0.625. The Balaban J connectivity index is 1.89. The summed E-state index contributed by atoms with van der Waals surface area (Å²) in [6.07, 6.45) is 0. The molecule has 1 aliphatic heterocycles. The first kappa shape index (κ1) is 9.85. The molecular weight excluding hydrogens is 200 g/mol. The normalized spacial score (nSPS) is 18.4. The van der Waals surface area contributed by atoms with E-state index in [0.717, 1.165) is 43.7 Å². The first-order valence-electron chi connectivity index (χ1n) is 4.59. The number of hydrogen-bond donors (Lipinski definition) is 2. The van der Waals surface area contributed by atoms with Crippen molar-refractivity contribution in [3.8, 4) is 0 Å². The summed E-state index contributed by atoms with van der Waals surface area (Å²) in [5.41, 5.74) is 3.62. The molecule has 0 spiro atoms. The average Bonchev–Trinajstić information content (AvgIpc) is 2.67. The summed E-state index contributed by atoms with van der Waals surface area (Å²) in [6, 6.07) is 0. The van der Waals surface area contributed by atoms with E-state index >= 15 is 0 Å². The summed E-state index contributed by atoms with van der Waals surface area (Å²) < 4.78 is 5.27. The van der Waals surface area contributed by atoms with Gasteiger partial charge in [0.2, 0.25) is 0 Å². The minimum absolute atomic E-state index is 0.772. The lowest BCUT2D eigenvalue weighted by atomic mass is 10.4. The Morgan fingerprint density at radius 3 is 3.00 bits per heavy atom. The molecule has 0 atom stereocenters. The number of hydrazine groups is 1. The number of rotatable bonds is 3. The predicted molar refractivity (Wildman–Crippen MR) is 56.0 cm³/mol. The number of aromatic nitrogens is 1. The summed E-state index contributed by atoms with van der Waals surface area (Å²) in [4.78, 5) is 6.65. The van der Waals surface area contributed by atoms with Crippen molar-refractivity contribution in [3.05, 3.63) is 11.1 Å². The smallest absolute Gasteiger partial charge is 0.197 e. The second-order valence-corrected chi connectivity index (χ2v) is 4.03. The molecule has 6 heteroatoms. The molecule has 0 amide bonds. The van der Waals surface area contributed by atoms with Gasteiger partial charge in [0.05, 0.1) is 18.9 Å². The van der Waals surface area contributed by atoms with Gasteiger partial charge in [0, 0.05) is 25.0 Å². The molecule has 1 aromatic rings. The molecule has 2 rings (SSSR count). The van der Waals surface area contributed by atoms with Crippen LogP contribution < -0.4 is 11.3 Å². The highest BCUT2D eigenvalue weighted by Crippen LogP contribution is 2.15. The van der Waals surface area contributed by atoms with Crippen LogP contribution in [0.5, 0.6) is 0 Å². The molecule has 1 aliphatic rings. The van der Waals surface area contributed by atoms with Gasteiger partial charge in [-0.25, -0.2) is 10.8 Å². The Hall–Kier alpha value is -0.690. The van der Waals surface area contributed by atoms with E-state index in [1.165, 1.54) is 11.3 Å². The maximum Gasteiger partial charge on any atom is 0.197 e. The van der Waals surface area contributed by atoms with E-state index in [4.69, 9.17) is 10.6 Å². The minimum Gasteiger partial charge on any atom is -0.379 e. The van der Waals surface area contributed by atoms with Crippen LogP contribution in [0.25, 0.3) is 0 Å². The van der Waals surface area contributed by atoms with E-state index in [1.807, 2.05) is 5.38 Å². The van der Waals surface area contributed by atoms with E-state index in [0.29, 0.717) is 0 Å². The Labute approximate surface area is 86.8 Å². The van der Waals surface area contributed by atoms with Gasteiger partial charge in [-0.05, 0) is 0 Å². The number of nitrogens with two attached hydrogens (primary N) is 1. The van der Waals surface area contributed by atoms with Crippen molar-refractivity contribution in [2.75, 3.05) is 31.7 Å². The van der Waals surface area contributed by atoms with Crippen LogP contribution in [0.3, 0.4) is 0 Å². The molecule has 0 aromatic carbocycles. The van der Waals surface area contributed by atoms with E-state index in [2.05, 4.69) is 15.3 Å². The van der Waals surface area contributed by atoms with Crippen LogP contribution in [0.1, 0.15) is 5.69 Å². The number of anilines is 1. The molecule has 1 saturated heterocycles. The number of thiazole rings is 1. The van der Waals surface area contributed by atoms with Crippen molar-refractivity contribution in [2.45, 2.75) is 6.54 Å². The van der Waals surface area contributed by atoms with Crippen molar-refractivity contribution in [1.29, 1.82) is 0 Å². The molecule has 0 bridgehead atoms. The molecule has 3 N–H and O–H groups in total. The molecule has 14 heavy (non-hydrogen) atoms. The Kier molecular flexibility index (Phi) is 3.30. The second-order valence-electron chi connectivity index (χ2n) is 3.18. The lowest BCUT2D eigenvalue weighted by molar-refractivity contribution is 0.0337. The van der Waals surface area contributed by atoms with E-state index < -0.39 is 0 Å². The lowest BCUT2D eigenvalue weighted by Crippen LogP contribution is -2.35. The van der Waals surface area contributed by atoms with Gasteiger partial charge >= 0.3 is 0 Å². The van der Waals surface area contributed by atoms with Crippen LogP contribution in [0.15, 0.2) is 5.38 Å². The summed E-state index contributed by atoms with van der Waals surface area (Å²) in [6.45, 7) is 4.52. The molecule has 0 radical (unpaired) electrons. The van der Waals surface area contributed by atoms with E-state index in [-0.39, 0.29) is 0 Å². The summed E-state index contributed by atoms with van der Waals surface area (Å²) >= 11 is 1.53. The number of nitrogens with zero attached hydrogens (tertiary/aromatic N) is 2. The number of morpholine rings is 1. The Bertz CT molecular complexity index is 285. The third-order valence-corrected chi connectivity index (χ3v) is 2.99. The SMILES string of the molecule is NNc1nc(CN2CCOCC2)cs1. The van der Waals surface area contributed by atoms with E-state index in [9.17, 15) is 0 Å². The Morgan fingerprint density at radius 2 is 2.36 bits per heavy atom. The fourth-order valence-electron chi connectivity index (χ4n) is 1.43. The zero-order valence-electron chi connectivity index (χ0n) is 7.90. The molecule has 78 valence electrons. The van der Waals surface area contributed by atoms with Crippen LogP contribution in [-0.2, 0) is 11.3 Å². The molecule has 0 aliphatic carbocycles. The summed E-state index contributed by atoms with van der Waals surface area (Å²) in [7, 11) is 0. The van der Waals surface area contributed by atoms with Crippen molar-refractivity contribution in [2.24, 2.45) is 5.84 Å². The molecule has 5 nitrogen and oxygen atoms in total. The maximum absolute atomic E-state index is 5.27. The quantitative estimate of drug-likeness (QED) is 0.558. The van der Waals surface area contributed by atoms with Gasteiger partial charge in [-0.3, -0.25) is 10.3 Å². The first-order valence-corrected chi connectivity index (χ1v) is 5.47. The summed E-state index contributed by atoms with van der Waals surface area (Å²) in [5, 5.41) is 2.80. The second kappa shape index (κ2) is 4.70. The van der Waals surface area contributed by atoms with Crippen molar-refractivity contribution >= 4 is 16.5 Å². The van der Waals surface area contributed by atoms with Gasteiger partial charge in [0.1, 0.15) is 0 Å². The van der Waals surface area contributed by atoms with Crippen molar-refractivity contribution in [1.82, 2.24) is 9.88 Å². The van der Waals surface area contributed by atoms with Gasteiger partial charge in [0.15, 0.2) is 5.13 Å². The topological polar surface area (TPSA) is 63.4 Å². The number of nitrogens with one attached hydrogen (secondary N) is 1. The first-order chi connectivity index (χ1) is 6.88. The van der Waals surface area contributed by atoms with Crippen LogP contribution in [0, 0.1) is 0 Å². The third kappa shape index (κ3) is 2.42. The molecular formula is C8H14N4OS. The number of nitrogen functional groups attached to an aromatic ring is 1. The number of hydrogen-bond acceptors (Lipinski definition) is 6. The number of ether oxygens (including phenoxy) is 1. The Morgan fingerprint density at radius 1 is 1.57 bits per heavy atom. The highest BCUT2D eigenvalue weighted by Gasteiger charge is 2.12. The summed E-state index contributed by atoms with van der Waals surface area (Å²) in [5.74, 6) is 5.26. The molecule has 2 heterocycles. The molecule has 0 saturated carbocycles. The van der Waals surface area contributed by atoms with Crippen molar-refractivity contribution < 1.29 is 4.74 Å². The van der Waals surface area contributed by atoms with Gasteiger partial charge in [0.25, 0.3) is 0 Å². The van der Waals surface area contributed by atoms with Crippen LogP contribution in [0.2, 0.25) is 0 Å². The standard InChI is InChI=1S/C8H14N4OS/c9-11-8-10-7(6-14-8)5-12-1-3-13-4-2-12/h6H,1-5,9H2,(H,10,11). The van der Waals surface area contributed by atoms with Gasteiger partial charge in [-0.15, -0.1) is 11.3 Å². The predicted octanol–water partition coefficient (Wildman–Crippen LogP) is 0.261. The highest BCUT2D eigenvalue weighted by molar-refractivity contribution is 7.13. The van der Waals surface area contributed by atoms with Crippen LogP contribution in [0.4, 0.5) is 5.13 Å². The van der Waals surface area contributed by atoms with Crippen LogP contribution in [-0.4, -0.2) is 36.2 Å². The zero-order chi connectivity index (χ0) is 9.80. The van der Waals surface area contributed by atoms with Gasteiger partial charge in [-0.2, -0.15) is 0 Å². The van der Waals surface area contributed by atoms with Crippen molar-refractivity contribution in [3.63, 3.8) is 0 Å². The average molecular weight is 214 g/mol. The fourth-order valence-corrected chi connectivity index (χ4v) is 2.05. The van der Waals surface area contributed by atoms with Gasteiger partial charge < -0.3 is 4.74 Å². The monoisotopic (exact) mass is 214 g/mol. The molecule has 1 aromatic heterocycles. The minimum atomic E-state index is 0.772. The van der Waals surface area contributed by atoms with Crippen LogP contribution >= 0.6 is 11.3 Å². The largest absolute Gasteiger partial charge is 0.379 e. The zero-order valence-corrected chi connectivity index (χ0v) is 8.72. The molecule has 0 unspecified atom stereocenters. The third-order valence-electron chi connectivity index (χ3n) is 2.16. The maximum atomic E-state index is 5.27. The molecule has 1 fully saturated rings. The highest BCUT2D eigenvalue weighted by atomic mass is 32.1. The van der Waals surface area contributed by atoms with E-state index in [1.54, 1.807) is 0 Å².